The van der Waals surface area contributed by atoms with Crippen LogP contribution in [0.1, 0.15) is 22.3 Å². The van der Waals surface area contributed by atoms with Gasteiger partial charge in [-0.3, -0.25) is 14.3 Å². The van der Waals surface area contributed by atoms with Crippen LogP contribution in [-0.4, -0.2) is 36.4 Å². The average Bonchev–Trinajstić information content (AvgIpc) is 2.97. The summed E-state index contributed by atoms with van der Waals surface area (Å²) in [7, 11) is 3.20. The maximum Gasteiger partial charge on any atom is 0.328 e. The molecule has 200 valence electrons. The quantitative estimate of drug-likeness (QED) is 0.132. The van der Waals surface area contributed by atoms with Crippen molar-refractivity contribution in [2.75, 3.05) is 20.8 Å². The van der Waals surface area contributed by atoms with Gasteiger partial charge < -0.3 is 14.2 Å². The topological polar surface area (TPSA) is 131 Å². The van der Waals surface area contributed by atoms with Crippen LogP contribution in [0.15, 0.2) is 99.8 Å². The van der Waals surface area contributed by atoms with Crippen LogP contribution < -0.4 is 20.7 Å². The zero-order valence-corrected chi connectivity index (χ0v) is 21.9. The van der Waals surface area contributed by atoms with Gasteiger partial charge in [-0.2, -0.15) is 0 Å². The van der Waals surface area contributed by atoms with Crippen molar-refractivity contribution in [3.05, 3.63) is 139 Å². The van der Waals surface area contributed by atoms with Crippen molar-refractivity contribution in [1.29, 1.82) is 0 Å². The molecule has 0 aliphatic heterocycles. The van der Waals surface area contributed by atoms with Crippen LogP contribution >= 0.6 is 0 Å². The predicted octanol–water partition coefficient (Wildman–Crippen LogP) is 4.55. The van der Waals surface area contributed by atoms with Gasteiger partial charge in [0.05, 0.1) is 26.9 Å². The molecule has 0 saturated heterocycles. The highest BCUT2D eigenvalue weighted by molar-refractivity contribution is 5.49. The standard InChI is InChI=1S/C29H29N5O5/c1-20-17-34(28(36)31-27(20)35)18-24(32-33-30)19-39-29(21-7-5-4-6-8-21,22-9-13-25(37-2)14-10-22)23-11-15-26(38-3)16-12-23/h4-17,24H,18-19H2,1-3H3,(H,31,35,36)/t24-/m0/s1. The Kier molecular flexibility index (Phi) is 8.50. The summed E-state index contributed by atoms with van der Waals surface area (Å²) in [6.45, 7) is 1.57. The summed E-state index contributed by atoms with van der Waals surface area (Å²) in [6.07, 6.45) is 1.44. The number of ether oxygens (including phenoxy) is 3. The van der Waals surface area contributed by atoms with Crippen molar-refractivity contribution >= 4 is 0 Å². The van der Waals surface area contributed by atoms with Gasteiger partial charge in [-0.1, -0.05) is 59.7 Å². The number of aryl methyl sites for hydroxylation is 1. The monoisotopic (exact) mass is 527 g/mol. The van der Waals surface area contributed by atoms with Gasteiger partial charge in [0.1, 0.15) is 17.1 Å². The molecule has 0 radical (unpaired) electrons. The second-order valence-corrected chi connectivity index (χ2v) is 8.90. The highest BCUT2D eigenvalue weighted by atomic mass is 16.5. The zero-order valence-electron chi connectivity index (χ0n) is 21.9. The van der Waals surface area contributed by atoms with E-state index in [0.717, 1.165) is 16.7 Å². The van der Waals surface area contributed by atoms with E-state index in [1.165, 1.54) is 10.8 Å². The second-order valence-electron chi connectivity index (χ2n) is 8.90. The molecule has 4 aromatic rings. The van der Waals surface area contributed by atoms with E-state index >= 15 is 0 Å². The van der Waals surface area contributed by atoms with Crippen LogP contribution in [0.5, 0.6) is 11.5 Å². The number of nitrogens with one attached hydrogen (secondary N) is 1. The highest BCUT2D eigenvalue weighted by Gasteiger charge is 2.38. The van der Waals surface area contributed by atoms with Crippen LogP contribution in [0.2, 0.25) is 0 Å². The van der Waals surface area contributed by atoms with E-state index in [0.29, 0.717) is 17.1 Å². The minimum Gasteiger partial charge on any atom is -0.497 e. The molecule has 0 amide bonds. The third-order valence-corrected chi connectivity index (χ3v) is 6.48. The normalized spacial score (nSPS) is 11.9. The Hall–Kier alpha value is -4.79. The van der Waals surface area contributed by atoms with Crippen LogP contribution in [-0.2, 0) is 16.9 Å². The van der Waals surface area contributed by atoms with Crippen molar-refractivity contribution in [3.8, 4) is 11.5 Å². The third-order valence-electron chi connectivity index (χ3n) is 6.48. The van der Waals surface area contributed by atoms with Gasteiger partial charge in [-0.25, -0.2) is 4.79 Å². The summed E-state index contributed by atoms with van der Waals surface area (Å²) in [5.41, 5.74) is 9.98. The molecule has 0 spiro atoms. The molecule has 3 aromatic carbocycles. The zero-order chi connectivity index (χ0) is 27.8. The minimum atomic E-state index is -1.12. The second kappa shape index (κ2) is 12.2. The molecule has 39 heavy (non-hydrogen) atoms. The van der Waals surface area contributed by atoms with E-state index in [2.05, 4.69) is 15.0 Å². The summed E-state index contributed by atoms with van der Waals surface area (Å²) in [5.74, 6) is 1.38. The van der Waals surface area contributed by atoms with E-state index in [-0.39, 0.29) is 13.2 Å². The Morgan fingerprint density at radius 3 is 1.95 bits per heavy atom. The van der Waals surface area contributed by atoms with Crippen molar-refractivity contribution in [1.82, 2.24) is 9.55 Å². The lowest BCUT2D eigenvalue weighted by Gasteiger charge is -2.37. The summed E-state index contributed by atoms with van der Waals surface area (Å²) >= 11 is 0. The molecule has 4 rings (SSSR count). The predicted molar refractivity (Wildman–Crippen MR) is 147 cm³/mol. The van der Waals surface area contributed by atoms with Crippen molar-refractivity contribution in [2.45, 2.75) is 25.1 Å². The number of rotatable bonds is 11. The van der Waals surface area contributed by atoms with Crippen molar-refractivity contribution < 1.29 is 14.2 Å². The maximum atomic E-state index is 12.4. The van der Waals surface area contributed by atoms with Gasteiger partial charge in [0.15, 0.2) is 0 Å². The van der Waals surface area contributed by atoms with Gasteiger partial charge in [0, 0.05) is 23.2 Å². The molecule has 0 fully saturated rings. The fraction of sp³-hybridized carbons (Fsp3) is 0.241. The maximum absolute atomic E-state index is 12.4. The van der Waals surface area contributed by atoms with Gasteiger partial charge >= 0.3 is 5.69 Å². The SMILES string of the molecule is COc1ccc(C(OC[C@H](Cn2cc(C)c(=O)[nH]c2=O)N=[N+]=[N-])(c2ccccc2)c2ccc(OC)cc2)cc1. The molecule has 1 N–H and O–H groups in total. The summed E-state index contributed by atoms with van der Waals surface area (Å²) in [6, 6.07) is 24.1. The lowest BCUT2D eigenvalue weighted by atomic mass is 9.80. The molecule has 1 atom stereocenters. The Balaban J connectivity index is 1.83. The smallest absolute Gasteiger partial charge is 0.328 e. The van der Waals surface area contributed by atoms with Crippen molar-refractivity contribution in [2.24, 2.45) is 5.11 Å². The Labute approximate surface area is 225 Å². The molecular formula is C29H29N5O5. The van der Waals surface area contributed by atoms with E-state index in [4.69, 9.17) is 14.2 Å². The van der Waals surface area contributed by atoms with Crippen LogP contribution in [0.3, 0.4) is 0 Å². The number of aromatic amines is 1. The molecule has 1 heterocycles. The molecule has 0 unspecified atom stereocenters. The summed E-state index contributed by atoms with van der Waals surface area (Å²) in [5, 5.41) is 3.92. The largest absolute Gasteiger partial charge is 0.497 e. The first-order valence-corrected chi connectivity index (χ1v) is 12.2. The van der Waals surface area contributed by atoms with Gasteiger partial charge in [0.25, 0.3) is 5.56 Å². The number of azide groups is 1. The van der Waals surface area contributed by atoms with Crippen LogP contribution in [0.4, 0.5) is 0 Å². The first kappa shape index (κ1) is 27.3. The lowest BCUT2D eigenvalue weighted by molar-refractivity contribution is 0.00297. The first-order valence-electron chi connectivity index (χ1n) is 12.2. The van der Waals surface area contributed by atoms with Crippen LogP contribution in [0, 0.1) is 6.92 Å². The third kappa shape index (κ3) is 5.87. The van der Waals surface area contributed by atoms with Gasteiger partial charge in [-0.15, -0.1) is 0 Å². The molecule has 0 saturated carbocycles. The van der Waals surface area contributed by atoms with E-state index in [9.17, 15) is 15.1 Å². The molecule has 0 aliphatic carbocycles. The number of methoxy groups -OCH3 is 2. The fourth-order valence-electron chi connectivity index (χ4n) is 4.47. The number of H-pyrrole nitrogens is 1. The molecule has 0 bridgehead atoms. The molecule has 10 heteroatoms. The Morgan fingerprint density at radius 1 is 0.897 bits per heavy atom. The summed E-state index contributed by atoms with van der Waals surface area (Å²) < 4.78 is 18.9. The molecular weight excluding hydrogens is 498 g/mol. The number of nitrogens with zero attached hydrogens (tertiary/aromatic N) is 4. The number of hydrogen-bond acceptors (Lipinski definition) is 6. The van der Waals surface area contributed by atoms with Gasteiger partial charge in [0.2, 0.25) is 0 Å². The fourth-order valence-corrected chi connectivity index (χ4v) is 4.47. The number of aromatic nitrogens is 2. The number of hydrogen-bond donors (Lipinski definition) is 1. The minimum absolute atomic E-state index is 0.0105. The summed E-state index contributed by atoms with van der Waals surface area (Å²) in [4.78, 5) is 29.5. The van der Waals surface area contributed by atoms with E-state index in [1.807, 2.05) is 78.9 Å². The van der Waals surface area contributed by atoms with Crippen LogP contribution in [0.25, 0.3) is 10.4 Å². The first-order chi connectivity index (χ1) is 18.9. The highest BCUT2D eigenvalue weighted by Crippen LogP contribution is 2.41. The molecule has 0 aliphatic rings. The number of benzene rings is 3. The van der Waals surface area contributed by atoms with Gasteiger partial charge in [-0.05, 0) is 53.4 Å². The van der Waals surface area contributed by atoms with Crippen molar-refractivity contribution in [3.63, 3.8) is 0 Å². The van der Waals surface area contributed by atoms with E-state index in [1.54, 1.807) is 21.1 Å². The lowest BCUT2D eigenvalue weighted by Crippen LogP contribution is -2.38. The molecule has 1 aromatic heterocycles. The van der Waals surface area contributed by atoms with E-state index < -0.39 is 22.9 Å². The Morgan fingerprint density at radius 2 is 1.44 bits per heavy atom. The average molecular weight is 528 g/mol. The molecule has 10 nitrogen and oxygen atoms in total. The Bertz CT molecular complexity index is 1510.